The highest BCUT2D eigenvalue weighted by Crippen LogP contribution is 2.23. The third-order valence-electron chi connectivity index (χ3n) is 3.33. The van der Waals surface area contributed by atoms with E-state index in [1.165, 1.54) is 16.7 Å². The van der Waals surface area contributed by atoms with Crippen molar-refractivity contribution in [3.8, 4) is 0 Å². The predicted octanol–water partition coefficient (Wildman–Crippen LogP) is 3.01. The lowest BCUT2D eigenvalue weighted by atomic mass is 9.83. The second-order valence-corrected chi connectivity index (χ2v) is 5.83. The fraction of sp³-hybridized carbons (Fsp3) is 0.533. The van der Waals surface area contributed by atoms with Crippen molar-refractivity contribution >= 4 is 6.41 Å². The molecule has 0 saturated heterocycles. The first-order valence-electron chi connectivity index (χ1n) is 6.10. The Morgan fingerprint density at radius 3 is 2.35 bits per heavy atom. The number of aryl methyl sites for hydroxylation is 2. The fourth-order valence-electron chi connectivity index (χ4n) is 1.86. The summed E-state index contributed by atoms with van der Waals surface area (Å²) in [4.78, 5) is 10.7. The Labute approximate surface area is 104 Å². The first-order valence-corrected chi connectivity index (χ1v) is 6.10. The van der Waals surface area contributed by atoms with Gasteiger partial charge in [0.15, 0.2) is 0 Å². The quantitative estimate of drug-likeness (QED) is 0.796. The molecule has 0 radical (unpaired) electrons. The van der Waals surface area contributed by atoms with Crippen LogP contribution in [0.15, 0.2) is 18.2 Å². The van der Waals surface area contributed by atoms with E-state index >= 15 is 0 Å². The van der Waals surface area contributed by atoms with Crippen molar-refractivity contribution in [2.45, 2.75) is 47.1 Å². The monoisotopic (exact) mass is 233 g/mol. The summed E-state index contributed by atoms with van der Waals surface area (Å²) in [6.45, 7) is 10.7. The van der Waals surface area contributed by atoms with Crippen molar-refractivity contribution < 1.29 is 4.79 Å². The van der Waals surface area contributed by atoms with Gasteiger partial charge in [0.25, 0.3) is 0 Å². The fourth-order valence-corrected chi connectivity index (χ4v) is 1.86. The van der Waals surface area contributed by atoms with Gasteiger partial charge in [-0.05, 0) is 42.4 Å². The van der Waals surface area contributed by atoms with Crippen LogP contribution in [0.1, 0.15) is 37.5 Å². The Bertz CT molecular complexity index is 390. The average Bonchev–Trinajstić information content (AvgIpc) is 2.21. The van der Waals surface area contributed by atoms with E-state index in [4.69, 9.17) is 0 Å². The average molecular weight is 233 g/mol. The van der Waals surface area contributed by atoms with E-state index in [9.17, 15) is 4.79 Å². The van der Waals surface area contributed by atoms with Gasteiger partial charge in [-0.1, -0.05) is 39.0 Å². The summed E-state index contributed by atoms with van der Waals surface area (Å²) in [6.07, 6.45) is 1.68. The van der Waals surface area contributed by atoms with Crippen LogP contribution < -0.4 is 5.32 Å². The topological polar surface area (TPSA) is 29.1 Å². The summed E-state index contributed by atoms with van der Waals surface area (Å²) >= 11 is 0. The van der Waals surface area contributed by atoms with E-state index < -0.39 is 0 Å². The molecular formula is C15H23NO. The van der Waals surface area contributed by atoms with Crippen molar-refractivity contribution in [1.29, 1.82) is 0 Å². The molecule has 0 heterocycles. The molecule has 1 amide bonds. The third kappa shape index (κ3) is 3.88. The van der Waals surface area contributed by atoms with Crippen LogP contribution in [0.2, 0.25) is 0 Å². The van der Waals surface area contributed by atoms with Gasteiger partial charge < -0.3 is 5.32 Å². The zero-order chi connectivity index (χ0) is 13.1. The van der Waals surface area contributed by atoms with Gasteiger partial charge in [0, 0.05) is 6.04 Å². The second-order valence-electron chi connectivity index (χ2n) is 5.83. The van der Waals surface area contributed by atoms with Crippen LogP contribution in [0, 0.1) is 19.3 Å². The highest BCUT2D eigenvalue weighted by atomic mass is 16.1. The summed E-state index contributed by atoms with van der Waals surface area (Å²) in [7, 11) is 0. The summed E-state index contributed by atoms with van der Waals surface area (Å²) in [5, 5.41) is 2.92. The summed E-state index contributed by atoms with van der Waals surface area (Å²) in [6, 6.07) is 6.67. The SMILES string of the molecule is Cc1ccc(CC(NC=O)C(C)(C)C)cc1C. The van der Waals surface area contributed by atoms with Gasteiger partial charge in [0.1, 0.15) is 0 Å². The molecule has 1 unspecified atom stereocenters. The minimum absolute atomic E-state index is 0.0691. The van der Waals surface area contributed by atoms with Crippen LogP contribution in [-0.2, 0) is 11.2 Å². The smallest absolute Gasteiger partial charge is 0.207 e. The molecule has 0 aliphatic carbocycles. The molecule has 2 heteroatoms. The molecule has 2 nitrogen and oxygen atoms in total. The van der Waals surface area contributed by atoms with Crippen LogP contribution in [0.25, 0.3) is 0 Å². The molecule has 0 bridgehead atoms. The molecule has 0 spiro atoms. The lowest BCUT2D eigenvalue weighted by Crippen LogP contribution is -2.41. The van der Waals surface area contributed by atoms with E-state index in [0.717, 1.165) is 12.8 Å². The number of hydrogen-bond acceptors (Lipinski definition) is 1. The zero-order valence-corrected chi connectivity index (χ0v) is 11.5. The second kappa shape index (κ2) is 5.35. The highest BCUT2D eigenvalue weighted by Gasteiger charge is 2.24. The number of nitrogens with one attached hydrogen (secondary N) is 1. The number of rotatable bonds is 4. The normalized spacial score (nSPS) is 13.2. The van der Waals surface area contributed by atoms with Gasteiger partial charge in [-0.3, -0.25) is 4.79 Å². The van der Waals surface area contributed by atoms with E-state index in [-0.39, 0.29) is 11.5 Å². The van der Waals surface area contributed by atoms with Gasteiger partial charge in [-0.15, -0.1) is 0 Å². The Hall–Kier alpha value is -1.31. The Morgan fingerprint density at radius 1 is 1.24 bits per heavy atom. The van der Waals surface area contributed by atoms with Crippen molar-refractivity contribution in [2.75, 3.05) is 0 Å². The van der Waals surface area contributed by atoms with Gasteiger partial charge in [-0.2, -0.15) is 0 Å². The molecule has 0 aliphatic rings. The number of carbonyl (C=O) groups is 1. The summed E-state index contributed by atoms with van der Waals surface area (Å²) in [5.41, 5.74) is 3.97. The van der Waals surface area contributed by atoms with Crippen LogP contribution in [0.3, 0.4) is 0 Å². The van der Waals surface area contributed by atoms with E-state index in [1.807, 2.05) is 0 Å². The van der Waals surface area contributed by atoms with Gasteiger partial charge in [0.2, 0.25) is 6.41 Å². The largest absolute Gasteiger partial charge is 0.355 e. The minimum Gasteiger partial charge on any atom is -0.355 e. The molecule has 1 aromatic rings. The van der Waals surface area contributed by atoms with Crippen LogP contribution in [-0.4, -0.2) is 12.5 Å². The Kier molecular flexibility index (Phi) is 4.33. The molecule has 1 aromatic carbocycles. The van der Waals surface area contributed by atoms with Crippen molar-refractivity contribution in [1.82, 2.24) is 5.32 Å². The Morgan fingerprint density at radius 2 is 1.88 bits per heavy atom. The van der Waals surface area contributed by atoms with Gasteiger partial charge in [-0.25, -0.2) is 0 Å². The number of benzene rings is 1. The molecule has 0 fully saturated rings. The molecule has 17 heavy (non-hydrogen) atoms. The maximum atomic E-state index is 10.7. The highest BCUT2D eigenvalue weighted by molar-refractivity contribution is 5.47. The number of hydrogen-bond donors (Lipinski definition) is 1. The molecule has 0 saturated carbocycles. The summed E-state index contributed by atoms with van der Waals surface area (Å²) in [5.74, 6) is 0. The van der Waals surface area contributed by atoms with E-state index in [1.54, 1.807) is 0 Å². The van der Waals surface area contributed by atoms with Gasteiger partial charge >= 0.3 is 0 Å². The predicted molar refractivity (Wildman–Crippen MR) is 72.1 cm³/mol. The molecule has 0 aromatic heterocycles. The minimum atomic E-state index is 0.0691. The zero-order valence-electron chi connectivity index (χ0n) is 11.5. The van der Waals surface area contributed by atoms with Crippen molar-refractivity contribution in [3.63, 3.8) is 0 Å². The third-order valence-corrected chi connectivity index (χ3v) is 3.33. The molecule has 94 valence electrons. The van der Waals surface area contributed by atoms with Crippen LogP contribution in [0.4, 0.5) is 0 Å². The maximum absolute atomic E-state index is 10.7. The molecule has 1 rings (SSSR count). The maximum Gasteiger partial charge on any atom is 0.207 e. The van der Waals surface area contributed by atoms with Crippen LogP contribution >= 0.6 is 0 Å². The lowest BCUT2D eigenvalue weighted by Gasteiger charge is -2.30. The first kappa shape index (κ1) is 13.8. The van der Waals surface area contributed by atoms with E-state index in [0.29, 0.717) is 0 Å². The van der Waals surface area contributed by atoms with Crippen molar-refractivity contribution in [3.05, 3.63) is 34.9 Å². The standard InChI is InChI=1S/C15H23NO/c1-11-6-7-13(8-12(11)2)9-14(16-10-17)15(3,4)5/h6-8,10,14H,9H2,1-5H3,(H,16,17). The van der Waals surface area contributed by atoms with Crippen molar-refractivity contribution in [2.24, 2.45) is 5.41 Å². The lowest BCUT2D eigenvalue weighted by molar-refractivity contribution is -0.110. The van der Waals surface area contributed by atoms with Gasteiger partial charge in [0.05, 0.1) is 0 Å². The number of amides is 1. The molecule has 1 N–H and O–H groups in total. The molecule has 1 atom stereocenters. The Balaban J connectivity index is 2.86. The van der Waals surface area contributed by atoms with Crippen LogP contribution in [0.5, 0.6) is 0 Å². The first-order chi connectivity index (χ1) is 7.84. The summed E-state index contributed by atoms with van der Waals surface area (Å²) < 4.78 is 0. The van der Waals surface area contributed by atoms with E-state index in [2.05, 4.69) is 58.1 Å². The molecule has 0 aliphatic heterocycles. The number of carbonyl (C=O) groups excluding carboxylic acids is 1. The molecular weight excluding hydrogens is 210 g/mol.